The number of benzene rings is 2. The first-order chi connectivity index (χ1) is 15.0. The van der Waals surface area contributed by atoms with E-state index in [0.717, 1.165) is 17.4 Å². The highest BCUT2D eigenvalue weighted by molar-refractivity contribution is 6.13. The summed E-state index contributed by atoms with van der Waals surface area (Å²) in [5.41, 5.74) is 3.32. The summed E-state index contributed by atoms with van der Waals surface area (Å²) in [6, 6.07) is 13.0. The molecular formula is C24H27N3O4. The molecule has 0 fully saturated rings. The van der Waals surface area contributed by atoms with Gasteiger partial charge in [0.1, 0.15) is 0 Å². The summed E-state index contributed by atoms with van der Waals surface area (Å²) < 4.78 is 10.9. The SMILES string of the molecule is CCOc1ccc(CNC(=O)c2ccc(CN3C=C(C=O)C(=N)CC3)cc2)cc1OC. The number of methoxy groups -OCH3 is 1. The van der Waals surface area contributed by atoms with Gasteiger partial charge in [0.2, 0.25) is 0 Å². The zero-order valence-electron chi connectivity index (χ0n) is 17.8. The molecule has 2 N–H and O–H groups in total. The molecule has 0 saturated carbocycles. The van der Waals surface area contributed by atoms with Crippen LogP contribution in [0.3, 0.4) is 0 Å². The third-order valence-corrected chi connectivity index (χ3v) is 5.03. The van der Waals surface area contributed by atoms with E-state index in [4.69, 9.17) is 14.9 Å². The summed E-state index contributed by atoms with van der Waals surface area (Å²) in [6.45, 7) is 4.17. The summed E-state index contributed by atoms with van der Waals surface area (Å²) in [5, 5.41) is 10.7. The molecule has 0 radical (unpaired) electrons. The molecule has 0 atom stereocenters. The molecule has 2 aromatic rings. The Kier molecular flexibility index (Phi) is 7.43. The highest BCUT2D eigenvalue weighted by Gasteiger charge is 2.15. The van der Waals surface area contributed by atoms with Crippen LogP contribution in [0.1, 0.15) is 34.8 Å². The van der Waals surface area contributed by atoms with E-state index in [1.165, 1.54) is 0 Å². The average molecular weight is 421 g/mol. The highest BCUT2D eigenvalue weighted by Crippen LogP contribution is 2.28. The van der Waals surface area contributed by atoms with Crippen molar-refractivity contribution in [1.29, 1.82) is 5.41 Å². The molecule has 162 valence electrons. The van der Waals surface area contributed by atoms with Crippen molar-refractivity contribution in [3.8, 4) is 11.5 Å². The van der Waals surface area contributed by atoms with Gasteiger partial charge in [0.25, 0.3) is 5.91 Å². The number of hydrogen-bond acceptors (Lipinski definition) is 6. The predicted octanol–water partition coefficient (Wildman–Crippen LogP) is 3.33. The molecule has 0 unspecified atom stereocenters. The smallest absolute Gasteiger partial charge is 0.251 e. The largest absolute Gasteiger partial charge is 0.493 e. The van der Waals surface area contributed by atoms with Crippen molar-refractivity contribution in [3.63, 3.8) is 0 Å². The zero-order valence-corrected chi connectivity index (χ0v) is 17.8. The lowest BCUT2D eigenvalue weighted by Gasteiger charge is -2.25. The summed E-state index contributed by atoms with van der Waals surface area (Å²) >= 11 is 0. The minimum absolute atomic E-state index is 0.158. The topological polar surface area (TPSA) is 91.7 Å². The summed E-state index contributed by atoms with van der Waals surface area (Å²) in [6.07, 6.45) is 3.01. The van der Waals surface area contributed by atoms with E-state index in [1.54, 1.807) is 25.4 Å². The van der Waals surface area contributed by atoms with Crippen molar-refractivity contribution >= 4 is 17.9 Å². The Bertz CT molecular complexity index is 983. The van der Waals surface area contributed by atoms with E-state index in [-0.39, 0.29) is 5.91 Å². The number of amides is 1. The number of nitrogens with zero attached hydrogens (tertiary/aromatic N) is 1. The number of allylic oxidation sites excluding steroid dienone is 1. The minimum atomic E-state index is -0.158. The maximum absolute atomic E-state index is 12.5. The monoisotopic (exact) mass is 421 g/mol. The fourth-order valence-electron chi connectivity index (χ4n) is 3.34. The lowest BCUT2D eigenvalue weighted by molar-refractivity contribution is -0.104. The van der Waals surface area contributed by atoms with Gasteiger partial charge in [-0.1, -0.05) is 18.2 Å². The normalized spacial score (nSPS) is 13.4. The molecule has 0 saturated heterocycles. The van der Waals surface area contributed by atoms with Crippen LogP contribution in [0.15, 0.2) is 54.2 Å². The molecule has 31 heavy (non-hydrogen) atoms. The minimum Gasteiger partial charge on any atom is -0.493 e. The van der Waals surface area contributed by atoms with Gasteiger partial charge >= 0.3 is 0 Å². The standard InChI is InChI=1S/C24H27N3O4/c1-3-31-22-9-6-18(12-23(22)30-2)13-26-24(29)19-7-4-17(5-8-19)14-27-11-10-21(25)20(15-27)16-28/h4-9,12,15-16,25H,3,10-11,13-14H2,1-2H3,(H,26,29). The van der Waals surface area contributed by atoms with Gasteiger partial charge in [-0.15, -0.1) is 0 Å². The molecule has 7 nitrogen and oxygen atoms in total. The number of hydrogen-bond donors (Lipinski definition) is 2. The van der Waals surface area contributed by atoms with E-state index in [0.29, 0.717) is 61.0 Å². The Morgan fingerprint density at radius 1 is 1.16 bits per heavy atom. The first-order valence-electron chi connectivity index (χ1n) is 10.2. The Balaban J connectivity index is 1.57. The number of carbonyl (C=O) groups excluding carboxylic acids is 2. The molecule has 1 amide bonds. The van der Waals surface area contributed by atoms with E-state index < -0.39 is 0 Å². The van der Waals surface area contributed by atoms with Crippen LogP contribution in [0, 0.1) is 5.41 Å². The van der Waals surface area contributed by atoms with Gasteiger partial charge in [-0.05, 0) is 42.3 Å². The number of aldehydes is 1. The number of carbonyl (C=O) groups is 2. The second-order valence-corrected chi connectivity index (χ2v) is 7.20. The van der Waals surface area contributed by atoms with Crippen molar-refractivity contribution < 1.29 is 19.1 Å². The van der Waals surface area contributed by atoms with Crippen LogP contribution in [0.2, 0.25) is 0 Å². The Labute approximate surface area is 182 Å². The van der Waals surface area contributed by atoms with Crippen LogP contribution in [-0.4, -0.2) is 43.1 Å². The molecule has 1 aliphatic heterocycles. The van der Waals surface area contributed by atoms with Crippen molar-refractivity contribution in [2.24, 2.45) is 0 Å². The maximum Gasteiger partial charge on any atom is 0.251 e. The lowest BCUT2D eigenvalue weighted by Crippen LogP contribution is -2.27. The lowest BCUT2D eigenvalue weighted by atomic mass is 10.1. The fourth-order valence-corrected chi connectivity index (χ4v) is 3.34. The van der Waals surface area contributed by atoms with Crippen LogP contribution in [0.5, 0.6) is 11.5 Å². The molecule has 1 aliphatic rings. The zero-order chi connectivity index (χ0) is 22.2. The Morgan fingerprint density at radius 2 is 1.90 bits per heavy atom. The molecule has 0 aliphatic carbocycles. The average Bonchev–Trinajstić information content (AvgIpc) is 2.80. The van der Waals surface area contributed by atoms with Gasteiger partial charge in [-0.25, -0.2) is 0 Å². The van der Waals surface area contributed by atoms with Gasteiger partial charge in [-0.2, -0.15) is 0 Å². The van der Waals surface area contributed by atoms with E-state index in [9.17, 15) is 9.59 Å². The van der Waals surface area contributed by atoms with Gasteiger partial charge in [0.05, 0.1) is 19.3 Å². The summed E-state index contributed by atoms with van der Waals surface area (Å²) in [5.74, 6) is 1.16. The Hall–Kier alpha value is -3.61. The second-order valence-electron chi connectivity index (χ2n) is 7.20. The molecule has 7 heteroatoms. The third-order valence-electron chi connectivity index (χ3n) is 5.03. The molecule has 1 heterocycles. The molecule has 2 aromatic carbocycles. The highest BCUT2D eigenvalue weighted by atomic mass is 16.5. The van der Waals surface area contributed by atoms with Crippen molar-refractivity contribution in [3.05, 3.63) is 70.9 Å². The van der Waals surface area contributed by atoms with Gasteiger partial charge in [0.15, 0.2) is 17.8 Å². The van der Waals surface area contributed by atoms with E-state index in [2.05, 4.69) is 5.32 Å². The molecule has 0 bridgehead atoms. The third kappa shape index (κ3) is 5.72. The van der Waals surface area contributed by atoms with Crippen molar-refractivity contribution in [2.75, 3.05) is 20.3 Å². The maximum atomic E-state index is 12.5. The number of rotatable bonds is 9. The Morgan fingerprint density at radius 3 is 2.58 bits per heavy atom. The number of ether oxygens (including phenoxy) is 2. The van der Waals surface area contributed by atoms with Crippen LogP contribution in [0.25, 0.3) is 0 Å². The van der Waals surface area contributed by atoms with E-state index in [1.807, 2.05) is 42.2 Å². The quantitative estimate of drug-likeness (QED) is 0.606. The first-order valence-corrected chi connectivity index (χ1v) is 10.2. The van der Waals surface area contributed by atoms with Crippen molar-refractivity contribution in [2.45, 2.75) is 26.4 Å². The van der Waals surface area contributed by atoms with Crippen LogP contribution in [-0.2, 0) is 17.9 Å². The first kappa shape index (κ1) is 22.1. The van der Waals surface area contributed by atoms with E-state index >= 15 is 0 Å². The van der Waals surface area contributed by atoms with Gasteiger partial charge in [0, 0.05) is 43.5 Å². The summed E-state index contributed by atoms with van der Waals surface area (Å²) in [7, 11) is 1.59. The molecule has 0 aromatic heterocycles. The fraction of sp³-hybridized carbons (Fsp3) is 0.292. The summed E-state index contributed by atoms with van der Waals surface area (Å²) in [4.78, 5) is 25.6. The van der Waals surface area contributed by atoms with Crippen molar-refractivity contribution in [1.82, 2.24) is 10.2 Å². The predicted molar refractivity (Wildman–Crippen MR) is 119 cm³/mol. The molecule has 3 rings (SSSR count). The van der Waals surface area contributed by atoms with Gasteiger partial charge in [-0.3, -0.25) is 9.59 Å². The second kappa shape index (κ2) is 10.4. The van der Waals surface area contributed by atoms with Crippen LogP contribution >= 0.6 is 0 Å². The number of nitrogens with one attached hydrogen (secondary N) is 2. The van der Waals surface area contributed by atoms with Gasteiger partial charge < -0.3 is 25.1 Å². The molecule has 0 spiro atoms. The molecular weight excluding hydrogens is 394 g/mol. The van der Waals surface area contributed by atoms with Crippen LogP contribution in [0.4, 0.5) is 0 Å². The van der Waals surface area contributed by atoms with Crippen LogP contribution < -0.4 is 14.8 Å².